The molecular weight excluding hydrogens is 490 g/mol. The van der Waals surface area contributed by atoms with Crippen LogP contribution in [0.25, 0.3) is 11.0 Å². The number of nitrogens with one attached hydrogen (secondary N) is 1. The zero-order valence-corrected chi connectivity index (χ0v) is 21.8. The Morgan fingerprint density at radius 3 is 2.46 bits per heavy atom. The summed E-state index contributed by atoms with van der Waals surface area (Å²) in [5, 5.41) is 0.822. The Balaban J connectivity index is 1.92. The van der Waals surface area contributed by atoms with E-state index in [2.05, 4.69) is 11.6 Å². The number of halogens is 1. The molecule has 0 bridgehead atoms. The molecule has 0 saturated heterocycles. The zero-order chi connectivity index (χ0) is 25.8. The lowest BCUT2D eigenvalue weighted by Crippen LogP contribution is -2.46. The number of aryl methyl sites for hydroxylation is 2. The predicted molar refractivity (Wildman–Crippen MR) is 136 cm³/mol. The minimum Gasteiger partial charge on any atom is -0.424 e. The van der Waals surface area contributed by atoms with Crippen molar-refractivity contribution in [1.82, 2.24) is 4.72 Å². The number of hydrogen-bond donors (Lipinski definition) is 1. The van der Waals surface area contributed by atoms with Crippen LogP contribution in [0.2, 0.25) is 5.02 Å². The van der Waals surface area contributed by atoms with E-state index in [1.165, 1.54) is 24.3 Å². The van der Waals surface area contributed by atoms with Crippen LogP contribution in [-0.4, -0.2) is 20.4 Å². The molecule has 3 aromatic rings. The van der Waals surface area contributed by atoms with Gasteiger partial charge in [-0.2, -0.15) is 4.72 Å². The van der Waals surface area contributed by atoms with Gasteiger partial charge in [0.15, 0.2) is 5.75 Å². The first-order valence-electron chi connectivity index (χ1n) is 11.6. The molecule has 0 spiro atoms. The number of fused-ring (bicyclic) bond motifs is 1. The van der Waals surface area contributed by atoms with E-state index < -0.39 is 27.7 Å². The van der Waals surface area contributed by atoms with Crippen LogP contribution in [0.5, 0.6) is 5.75 Å². The second-order valence-electron chi connectivity index (χ2n) is 8.69. The van der Waals surface area contributed by atoms with Crippen molar-refractivity contribution in [3.8, 4) is 5.75 Å². The molecule has 0 radical (unpaired) electrons. The summed E-state index contributed by atoms with van der Waals surface area (Å²) in [6.45, 7) is 7.51. The maximum absolute atomic E-state index is 13.1. The van der Waals surface area contributed by atoms with Crippen LogP contribution in [0.3, 0.4) is 0 Å². The highest BCUT2D eigenvalue weighted by atomic mass is 35.5. The third-order valence-electron chi connectivity index (χ3n) is 5.97. The molecule has 0 aliphatic heterocycles. The van der Waals surface area contributed by atoms with Crippen LogP contribution in [0, 0.1) is 12.8 Å². The minimum atomic E-state index is -3.98. The molecule has 1 N–H and O–H groups in total. The molecule has 2 unspecified atom stereocenters. The van der Waals surface area contributed by atoms with E-state index in [4.69, 9.17) is 20.8 Å². The van der Waals surface area contributed by atoms with Crippen molar-refractivity contribution in [2.24, 2.45) is 5.92 Å². The highest BCUT2D eigenvalue weighted by Gasteiger charge is 2.32. The van der Waals surface area contributed by atoms with Gasteiger partial charge in [-0.3, -0.25) is 0 Å². The molecule has 0 aliphatic rings. The van der Waals surface area contributed by atoms with Crippen molar-refractivity contribution >= 4 is 38.6 Å². The Bertz CT molecular complexity index is 1370. The van der Waals surface area contributed by atoms with E-state index in [9.17, 15) is 18.0 Å². The van der Waals surface area contributed by atoms with Crippen LogP contribution in [0.15, 0.2) is 56.6 Å². The summed E-state index contributed by atoms with van der Waals surface area (Å²) >= 11 is 6.42. The van der Waals surface area contributed by atoms with E-state index in [1.54, 1.807) is 25.1 Å². The highest BCUT2D eigenvalue weighted by Crippen LogP contribution is 2.32. The van der Waals surface area contributed by atoms with Gasteiger partial charge in [-0.05, 0) is 49.4 Å². The molecule has 0 amide bonds. The molecular formula is C26H30ClNO6S. The maximum atomic E-state index is 13.1. The van der Waals surface area contributed by atoms with Crippen LogP contribution >= 0.6 is 11.6 Å². The molecule has 0 saturated carbocycles. The van der Waals surface area contributed by atoms with Gasteiger partial charge in [-0.1, -0.05) is 62.9 Å². The lowest BCUT2D eigenvalue weighted by atomic mass is 10.0. The standard InChI is InChI=1S/C26H30ClNO6S/c1-5-7-8-18-13-24(29)33-22-15-23(21(27)14-20(18)22)34-26(30)25(17(4)6-2)28-35(31,32)19-11-9-16(3)10-12-19/h9-15,17,25,28H,5-8H2,1-4H3. The van der Waals surface area contributed by atoms with Crippen LogP contribution in [0.1, 0.15) is 51.2 Å². The Morgan fingerprint density at radius 1 is 1.14 bits per heavy atom. The second-order valence-corrected chi connectivity index (χ2v) is 10.8. The Morgan fingerprint density at radius 2 is 1.83 bits per heavy atom. The summed E-state index contributed by atoms with van der Waals surface area (Å²) in [5.41, 5.74) is 1.46. The predicted octanol–water partition coefficient (Wildman–Crippen LogP) is 5.40. The SMILES string of the molecule is CCCCc1cc(=O)oc2cc(OC(=O)C(NS(=O)(=O)c3ccc(C)cc3)C(C)CC)c(Cl)cc12. The number of benzene rings is 2. The van der Waals surface area contributed by atoms with Crippen LogP contribution < -0.4 is 15.1 Å². The molecule has 9 heteroatoms. The first-order chi connectivity index (χ1) is 16.6. The number of rotatable bonds is 10. The van der Waals surface area contributed by atoms with Crippen LogP contribution in [-0.2, 0) is 21.2 Å². The van der Waals surface area contributed by atoms with Gasteiger partial charge >= 0.3 is 11.6 Å². The van der Waals surface area contributed by atoms with E-state index >= 15 is 0 Å². The van der Waals surface area contributed by atoms with Gasteiger partial charge < -0.3 is 9.15 Å². The number of hydrogen-bond acceptors (Lipinski definition) is 6. The summed E-state index contributed by atoms with van der Waals surface area (Å²) in [7, 11) is -3.98. The molecule has 1 aromatic heterocycles. The fourth-order valence-electron chi connectivity index (χ4n) is 3.64. The molecule has 188 valence electrons. The fourth-order valence-corrected chi connectivity index (χ4v) is 5.13. The normalized spacial score (nSPS) is 13.5. The lowest BCUT2D eigenvalue weighted by molar-refractivity contribution is -0.137. The summed E-state index contributed by atoms with van der Waals surface area (Å²) in [6.07, 6.45) is 3.06. The number of unbranched alkanes of at least 4 members (excludes halogenated alkanes) is 1. The van der Waals surface area contributed by atoms with E-state index in [1.807, 2.05) is 13.8 Å². The van der Waals surface area contributed by atoms with Gasteiger partial charge in [-0.25, -0.2) is 18.0 Å². The Hall–Kier alpha value is -2.68. The molecule has 3 rings (SSSR count). The highest BCUT2D eigenvalue weighted by molar-refractivity contribution is 7.89. The monoisotopic (exact) mass is 519 g/mol. The van der Waals surface area contributed by atoms with E-state index in [0.717, 1.165) is 24.0 Å². The van der Waals surface area contributed by atoms with Gasteiger partial charge in [0.25, 0.3) is 0 Å². The first-order valence-corrected chi connectivity index (χ1v) is 13.5. The molecule has 2 atom stereocenters. The molecule has 7 nitrogen and oxygen atoms in total. The largest absolute Gasteiger partial charge is 0.424 e. The maximum Gasteiger partial charge on any atom is 0.336 e. The Labute approximate surface area is 210 Å². The van der Waals surface area contributed by atoms with Gasteiger partial charge in [-0.15, -0.1) is 0 Å². The lowest BCUT2D eigenvalue weighted by Gasteiger charge is -2.23. The summed E-state index contributed by atoms with van der Waals surface area (Å²) in [4.78, 5) is 25.2. The fraction of sp³-hybridized carbons (Fsp3) is 0.385. The first kappa shape index (κ1) is 26.9. The third-order valence-corrected chi connectivity index (χ3v) is 7.73. The van der Waals surface area contributed by atoms with E-state index in [0.29, 0.717) is 18.2 Å². The quantitative estimate of drug-likeness (QED) is 0.219. The molecule has 1 heterocycles. The number of esters is 1. The van der Waals surface area contributed by atoms with E-state index in [-0.39, 0.29) is 27.2 Å². The number of sulfonamides is 1. The molecule has 35 heavy (non-hydrogen) atoms. The molecule has 0 fully saturated rings. The zero-order valence-electron chi connectivity index (χ0n) is 20.3. The molecule has 2 aromatic carbocycles. The van der Waals surface area contributed by atoms with Crippen molar-refractivity contribution < 1.29 is 22.4 Å². The van der Waals surface area contributed by atoms with Gasteiger partial charge in [0.2, 0.25) is 10.0 Å². The topological polar surface area (TPSA) is 103 Å². The van der Waals surface area contributed by atoms with Crippen molar-refractivity contribution in [2.45, 2.75) is 64.3 Å². The van der Waals surface area contributed by atoms with Crippen molar-refractivity contribution in [1.29, 1.82) is 0 Å². The summed E-state index contributed by atoms with van der Waals surface area (Å²) in [6, 6.07) is 9.62. The average molecular weight is 520 g/mol. The third kappa shape index (κ3) is 6.51. The number of carbonyl (C=O) groups excluding carboxylic acids is 1. The summed E-state index contributed by atoms with van der Waals surface area (Å²) < 4.78 is 39.2. The smallest absolute Gasteiger partial charge is 0.336 e. The Kier molecular flexibility index (Phi) is 8.74. The molecule has 0 aliphatic carbocycles. The van der Waals surface area contributed by atoms with Gasteiger partial charge in [0, 0.05) is 17.5 Å². The van der Waals surface area contributed by atoms with Gasteiger partial charge in [0.1, 0.15) is 11.6 Å². The second kappa shape index (κ2) is 11.4. The average Bonchev–Trinajstić information content (AvgIpc) is 2.81. The van der Waals surface area contributed by atoms with Crippen molar-refractivity contribution in [3.05, 3.63) is 69.0 Å². The van der Waals surface area contributed by atoms with Crippen molar-refractivity contribution in [2.75, 3.05) is 0 Å². The van der Waals surface area contributed by atoms with Crippen LogP contribution in [0.4, 0.5) is 0 Å². The van der Waals surface area contributed by atoms with Crippen molar-refractivity contribution in [3.63, 3.8) is 0 Å². The minimum absolute atomic E-state index is 0.0113. The number of carbonyl (C=O) groups is 1. The van der Waals surface area contributed by atoms with Gasteiger partial charge in [0.05, 0.1) is 9.92 Å². The summed E-state index contributed by atoms with van der Waals surface area (Å²) in [5.74, 6) is -1.18. The number of ether oxygens (including phenoxy) is 1.